The van der Waals surface area contributed by atoms with Crippen LogP contribution in [0.3, 0.4) is 0 Å². The van der Waals surface area contributed by atoms with Crippen molar-refractivity contribution in [1.29, 1.82) is 0 Å². The number of ether oxygens (including phenoxy) is 1. The predicted octanol–water partition coefficient (Wildman–Crippen LogP) is 5.77. The number of benzene rings is 3. The van der Waals surface area contributed by atoms with Crippen LogP contribution in [-0.2, 0) is 0 Å². The van der Waals surface area contributed by atoms with E-state index >= 15 is 0 Å². The van der Waals surface area contributed by atoms with E-state index in [9.17, 15) is 0 Å². The van der Waals surface area contributed by atoms with Crippen LogP contribution in [0.15, 0.2) is 104 Å². The molecule has 0 saturated carbocycles. The van der Waals surface area contributed by atoms with Crippen LogP contribution in [0.4, 0.5) is 0 Å². The molecule has 3 aromatic carbocycles. The van der Waals surface area contributed by atoms with Crippen LogP contribution >= 0.6 is 20.8 Å². The summed E-state index contributed by atoms with van der Waals surface area (Å²) in [5.41, 5.74) is 0. The van der Waals surface area contributed by atoms with E-state index in [4.69, 9.17) is 4.74 Å². The first-order valence-corrected chi connectivity index (χ1v) is 13.4. The molecule has 0 unspecified atom stereocenters. The molecule has 0 aromatic heterocycles. The second-order valence-corrected chi connectivity index (χ2v) is 16.1. The molecule has 0 aliphatic carbocycles. The van der Waals surface area contributed by atoms with Gasteiger partial charge >= 0.3 is 164 Å². The zero-order chi connectivity index (χ0) is 18.3. The maximum absolute atomic E-state index is 6.08. The summed E-state index contributed by atoms with van der Waals surface area (Å²) in [5.74, 6) is 0.907. The minimum atomic E-state index is -2.63. The predicted molar refractivity (Wildman–Crippen MR) is 120 cm³/mol. The quantitative estimate of drug-likeness (QED) is 0.328. The zero-order valence-electron chi connectivity index (χ0n) is 14.8. The molecule has 26 heavy (non-hydrogen) atoms. The third-order valence-electron chi connectivity index (χ3n) is 4.78. The van der Waals surface area contributed by atoms with Crippen molar-refractivity contribution < 1.29 is 4.74 Å². The molecule has 3 aromatic rings. The molecule has 134 valence electrons. The Labute approximate surface area is 164 Å². The fourth-order valence-corrected chi connectivity index (χ4v) is 10.00. The van der Waals surface area contributed by atoms with E-state index in [-0.39, 0.29) is 0 Å². The molecule has 0 atom stereocenters. The second kappa shape index (κ2) is 8.20. The molecule has 0 aliphatic rings. The van der Waals surface area contributed by atoms with Gasteiger partial charge < -0.3 is 0 Å². The Kier molecular flexibility index (Phi) is 5.96. The summed E-state index contributed by atoms with van der Waals surface area (Å²) >= 11 is 4.32. The topological polar surface area (TPSA) is 9.23 Å². The van der Waals surface area contributed by atoms with Crippen molar-refractivity contribution in [2.24, 2.45) is 0 Å². The fraction of sp³-hybridized carbons (Fsp3) is 0.130. The Morgan fingerprint density at radius 1 is 0.769 bits per heavy atom. The number of halogens is 1. The monoisotopic (exact) mass is 426 g/mol. The van der Waals surface area contributed by atoms with Crippen LogP contribution in [0.25, 0.3) is 0 Å². The molecule has 0 spiro atoms. The molecule has 3 heteroatoms. The summed E-state index contributed by atoms with van der Waals surface area (Å²) in [6.07, 6.45) is 3.83. The molecule has 0 amide bonds. The van der Waals surface area contributed by atoms with Crippen molar-refractivity contribution in [2.45, 2.75) is 0 Å². The van der Waals surface area contributed by atoms with E-state index in [2.05, 4.69) is 82.7 Å². The average molecular weight is 427 g/mol. The summed E-state index contributed by atoms with van der Waals surface area (Å²) in [5, 5.41) is 0.0343. The second-order valence-electron chi connectivity index (χ2n) is 6.40. The third kappa shape index (κ3) is 3.77. The average Bonchev–Trinajstić information content (AvgIpc) is 2.71. The van der Waals surface area contributed by atoms with Crippen LogP contribution in [0.1, 0.15) is 0 Å². The summed E-state index contributed by atoms with van der Waals surface area (Å²) in [6.45, 7) is 4.71. The van der Waals surface area contributed by atoms with E-state index in [1.165, 1.54) is 10.6 Å². The van der Waals surface area contributed by atoms with Crippen molar-refractivity contribution in [2.75, 3.05) is 18.9 Å². The van der Waals surface area contributed by atoms with Gasteiger partial charge in [0.15, 0.2) is 0 Å². The Balaban J connectivity index is 2.01. The summed E-state index contributed by atoms with van der Waals surface area (Å²) in [6, 6.07) is 31.5. The molecule has 0 N–H and O–H groups in total. The van der Waals surface area contributed by atoms with Gasteiger partial charge in [0, 0.05) is 0 Å². The van der Waals surface area contributed by atoms with Crippen LogP contribution < -0.4 is 15.3 Å². The van der Waals surface area contributed by atoms with E-state index < -0.39 is 5.31 Å². The van der Waals surface area contributed by atoms with Crippen LogP contribution in [0.5, 0.6) is 5.75 Å². The van der Waals surface area contributed by atoms with Gasteiger partial charge in [-0.1, -0.05) is 0 Å². The van der Waals surface area contributed by atoms with Crippen molar-refractivity contribution >= 4 is 31.4 Å². The number of hydrogen-bond donors (Lipinski definition) is 0. The van der Waals surface area contributed by atoms with Gasteiger partial charge in [-0.3, -0.25) is 0 Å². The van der Waals surface area contributed by atoms with Crippen LogP contribution in [0.2, 0.25) is 0 Å². The number of allylic oxidation sites excluding steroid dienone is 1. The number of para-hydroxylation sites is 1. The summed E-state index contributed by atoms with van der Waals surface area (Å²) in [7, 11) is 0. The van der Waals surface area contributed by atoms with E-state index in [0.717, 1.165) is 18.1 Å². The molecule has 0 heterocycles. The van der Waals surface area contributed by atoms with Crippen molar-refractivity contribution in [3.8, 4) is 5.75 Å². The maximum atomic E-state index is 6.08. The Morgan fingerprint density at radius 3 is 1.69 bits per heavy atom. The molecule has 0 aliphatic heterocycles. The Bertz CT molecular complexity index is 794. The molecule has 3 rings (SSSR count). The Morgan fingerprint density at radius 2 is 1.23 bits per heavy atom. The third-order valence-corrected chi connectivity index (χ3v) is 14.3. The molecule has 0 saturated heterocycles. The normalized spacial score (nSPS) is 12.7. The van der Waals surface area contributed by atoms with Crippen molar-refractivity contribution in [3.05, 3.63) is 104 Å². The van der Waals surface area contributed by atoms with E-state index in [1.54, 1.807) is 0 Å². The van der Waals surface area contributed by atoms with Gasteiger partial charge in [0.1, 0.15) is 0 Å². The summed E-state index contributed by atoms with van der Waals surface area (Å²) < 4.78 is 6.08. The van der Waals surface area contributed by atoms with Gasteiger partial charge in [-0.2, -0.15) is 0 Å². The van der Waals surface area contributed by atoms with Crippen LogP contribution in [0, 0.1) is 0 Å². The first kappa shape index (κ1) is 18.9. The fourth-order valence-electron chi connectivity index (χ4n) is 3.39. The van der Waals surface area contributed by atoms with Gasteiger partial charge in [0.2, 0.25) is 0 Å². The standard InChI is InChI=1S/C23H24BrOP/c1-2-19-26(24,22-14-8-4-9-15-22,23-16-10-5-11-17-23)20-18-25-21-12-6-3-7-13-21/h2-17H,1,18-20H2. The molecule has 0 radical (unpaired) electrons. The first-order chi connectivity index (χ1) is 12.7. The molecular formula is C23H24BrOP. The van der Waals surface area contributed by atoms with Gasteiger partial charge in [-0.25, -0.2) is 0 Å². The van der Waals surface area contributed by atoms with Gasteiger partial charge in [-0.05, 0) is 0 Å². The SMILES string of the molecule is C=CCP(Br)(CCOc1ccccc1)(c1ccccc1)c1ccccc1. The van der Waals surface area contributed by atoms with E-state index in [1.807, 2.05) is 36.4 Å². The van der Waals surface area contributed by atoms with Gasteiger partial charge in [0.05, 0.1) is 0 Å². The van der Waals surface area contributed by atoms with Crippen molar-refractivity contribution in [1.82, 2.24) is 0 Å². The zero-order valence-corrected chi connectivity index (χ0v) is 17.3. The number of hydrogen-bond acceptors (Lipinski definition) is 1. The summed E-state index contributed by atoms with van der Waals surface area (Å²) in [4.78, 5) is 0. The Hall–Kier alpha value is -1.89. The van der Waals surface area contributed by atoms with Crippen molar-refractivity contribution in [3.63, 3.8) is 0 Å². The van der Waals surface area contributed by atoms with E-state index in [0.29, 0.717) is 6.61 Å². The first-order valence-electron chi connectivity index (χ1n) is 8.79. The van der Waals surface area contributed by atoms with Gasteiger partial charge in [-0.15, -0.1) is 0 Å². The molecule has 1 nitrogen and oxygen atoms in total. The molecular weight excluding hydrogens is 403 g/mol. The number of rotatable bonds is 8. The van der Waals surface area contributed by atoms with Gasteiger partial charge in [0.25, 0.3) is 0 Å². The molecule has 0 bridgehead atoms. The molecule has 0 fully saturated rings. The van der Waals surface area contributed by atoms with Crippen LogP contribution in [-0.4, -0.2) is 18.9 Å². The minimum absolute atomic E-state index is 0.644.